The maximum Gasteiger partial charge on any atom is 0.188 e. The molecule has 90 valence electrons. The topological polar surface area (TPSA) is 25.8 Å². The third kappa shape index (κ3) is 4.32. The van der Waals surface area contributed by atoms with Crippen molar-refractivity contribution in [1.29, 1.82) is 0 Å². The van der Waals surface area contributed by atoms with Crippen molar-refractivity contribution in [2.24, 2.45) is 0 Å². The second kappa shape index (κ2) is 6.57. The Bertz CT molecular complexity index is 476. The van der Waals surface area contributed by atoms with Gasteiger partial charge in [-0.05, 0) is 30.7 Å². The summed E-state index contributed by atoms with van der Waals surface area (Å²) < 4.78 is 12.7. The Kier molecular flexibility index (Phi) is 5.38. The summed E-state index contributed by atoms with van der Waals surface area (Å²) in [5, 5.41) is 0.754. The zero-order chi connectivity index (χ0) is 11.4. The number of hydrogen-bond donors (Lipinski definition) is 0. The molecule has 0 aliphatic rings. The van der Waals surface area contributed by atoms with E-state index in [1.54, 1.807) is 30.1 Å². The summed E-state index contributed by atoms with van der Waals surface area (Å²) in [6, 6.07) is 8.35. The molecule has 0 spiro atoms. The summed E-state index contributed by atoms with van der Waals surface area (Å²) >= 11 is 1.55. The van der Waals surface area contributed by atoms with Gasteiger partial charge in [0.25, 0.3) is 0 Å². The van der Waals surface area contributed by atoms with Crippen LogP contribution in [0.1, 0.15) is 11.3 Å². The molecule has 1 heterocycles. The summed E-state index contributed by atoms with van der Waals surface area (Å²) in [7, 11) is 0. The van der Waals surface area contributed by atoms with Gasteiger partial charge in [0.1, 0.15) is 5.82 Å². The third-order valence-corrected chi connectivity index (χ3v) is 2.99. The van der Waals surface area contributed by atoms with Gasteiger partial charge in [-0.15, -0.1) is 0 Å². The second-order valence-corrected chi connectivity index (χ2v) is 4.34. The van der Waals surface area contributed by atoms with Crippen LogP contribution in [-0.2, 0) is 5.75 Å². The van der Waals surface area contributed by atoms with Gasteiger partial charge in [0.15, 0.2) is 5.16 Å². The molecular weight excluding hydrogens is 259 g/mol. The first kappa shape index (κ1) is 13.9. The van der Waals surface area contributed by atoms with Crippen LogP contribution in [0.25, 0.3) is 0 Å². The Morgan fingerprint density at radius 2 is 1.88 bits per heavy atom. The molecule has 2 nitrogen and oxygen atoms in total. The first-order valence-electron chi connectivity index (χ1n) is 4.91. The van der Waals surface area contributed by atoms with Gasteiger partial charge >= 0.3 is 0 Å². The first-order valence-corrected chi connectivity index (χ1v) is 5.89. The van der Waals surface area contributed by atoms with E-state index in [4.69, 9.17) is 0 Å². The van der Waals surface area contributed by atoms with E-state index in [0.29, 0.717) is 0 Å². The normalized spacial score (nSPS) is 9.76. The predicted octanol–water partition coefficient (Wildman–Crippen LogP) is 0.220. The van der Waals surface area contributed by atoms with Crippen LogP contribution in [0, 0.1) is 12.7 Å². The molecule has 0 bridgehead atoms. The van der Waals surface area contributed by atoms with Gasteiger partial charge in [-0.25, -0.2) is 14.4 Å². The number of nitrogens with zero attached hydrogens (tertiary/aromatic N) is 2. The van der Waals surface area contributed by atoms with Crippen molar-refractivity contribution in [3.63, 3.8) is 0 Å². The monoisotopic (exact) mass is 269 g/mol. The van der Waals surface area contributed by atoms with Crippen LogP contribution < -0.4 is 12.4 Å². The molecule has 0 N–H and O–H groups in total. The average molecular weight is 270 g/mol. The van der Waals surface area contributed by atoms with Crippen LogP contribution in [0.2, 0.25) is 0 Å². The van der Waals surface area contributed by atoms with Gasteiger partial charge in [-0.2, -0.15) is 0 Å². The molecule has 5 heteroatoms. The molecule has 1 aromatic heterocycles. The summed E-state index contributed by atoms with van der Waals surface area (Å²) in [6.07, 6.45) is 1.75. The van der Waals surface area contributed by atoms with Crippen molar-refractivity contribution in [1.82, 2.24) is 9.97 Å². The van der Waals surface area contributed by atoms with Crippen LogP contribution in [0.15, 0.2) is 41.7 Å². The molecule has 0 saturated carbocycles. The average Bonchev–Trinajstić information content (AvgIpc) is 2.28. The SMILES string of the molecule is Cc1ccnc(SCc2ccc(F)cc2)n1.[Cl-]. The minimum atomic E-state index is -0.208. The van der Waals surface area contributed by atoms with E-state index in [0.717, 1.165) is 22.2 Å². The van der Waals surface area contributed by atoms with Crippen LogP contribution in [0.3, 0.4) is 0 Å². The van der Waals surface area contributed by atoms with Crippen molar-refractivity contribution in [2.45, 2.75) is 17.8 Å². The quantitative estimate of drug-likeness (QED) is 0.589. The molecule has 17 heavy (non-hydrogen) atoms. The Morgan fingerprint density at radius 3 is 2.53 bits per heavy atom. The predicted molar refractivity (Wildman–Crippen MR) is 62.7 cm³/mol. The van der Waals surface area contributed by atoms with E-state index in [9.17, 15) is 4.39 Å². The second-order valence-electron chi connectivity index (χ2n) is 3.40. The lowest BCUT2D eigenvalue weighted by Crippen LogP contribution is -3.00. The van der Waals surface area contributed by atoms with Crippen LogP contribution in [-0.4, -0.2) is 9.97 Å². The number of rotatable bonds is 3. The number of halogens is 2. The molecule has 2 aromatic rings. The number of hydrogen-bond acceptors (Lipinski definition) is 3. The molecular formula is C12H11ClFN2S-. The lowest BCUT2D eigenvalue weighted by molar-refractivity contribution is -0.00000406. The van der Waals surface area contributed by atoms with Gasteiger partial charge in [-0.1, -0.05) is 23.9 Å². The minimum absolute atomic E-state index is 0. The van der Waals surface area contributed by atoms with E-state index in [-0.39, 0.29) is 18.2 Å². The number of aromatic nitrogens is 2. The van der Waals surface area contributed by atoms with Crippen molar-refractivity contribution in [3.8, 4) is 0 Å². The Hall–Kier alpha value is -1.13. The van der Waals surface area contributed by atoms with Crippen molar-refractivity contribution < 1.29 is 16.8 Å². The van der Waals surface area contributed by atoms with Crippen molar-refractivity contribution in [3.05, 3.63) is 53.6 Å². The minimum Gasteiger partial charge on any atom is -1.00 e. The maximum atomic E-state index is 12.7. The fourth-order valence-electron chi connectivity index (χ4n) is 1.22. The number of thioether (sulfide) groups is 1. The Morgan fingerprint density at radius 1 is 1.18 bits per heavy atom. The summed E-state index contributed by atoms with van der Waals surface area (Å²) in [5.41, 5.74) is 2.02. The van der Waals surface area contributed by atoms with Gasteiger partial charge in [-0.3, -0.25) is 0 Å². The standard InChI is InChI=1S/C12H11FN2S.ClH/c1-9-6-7-14-12(15-9)16-8-10-2-4-11(13)5-3-10;/h2-7H,8H2,1H3;1H/p-1. The lowest BCUT2D eigenvalue weighted by atomic mass is 10.2. The highest BCUT2D eigenvalue weighted by atomic mass is 35.5. The Balaban J connectivity index is 0.00000144. The first-order chi connectivity index (χ1) is 7.74. The van der Waals surface area contributed by atoms with Crippen LogP contribution in [0.5, 0.6) is 0 Å². The summed E-state index contributed by atoms with van der Waals surface area (Å²) in [5.74, 6) is 0.546. The van der Waals surface area contributed by atoms with E-state index >= 15 is 0 Å². The number of aryl methyl sites for hydroxylation is 1. The van der Waals surface area contributed by atoms with Crippen LogP contribution in [0.4, 0.5) is 4.39 Å². The lowest BCUT2D eigenvalue weighted by Gasteiger charge is -2.01. The zero-order valence-corrected chi connectivity index (χ0v) is 10.8. The van der Waals surface area contributed by atoms with Gasteiger partial charge in [0.2, 0.25) is 0 Å². The molecule has 0 aliphatic carbocycles. The van der Waals surface area contributed by atoms with Crippen LogP contribution >= 0.6 is 11.8 Å². The van der Waals surface area contributed by atoms with E-state index in [1.165, 1.54) is 12.1 Å². The largest absolute Gasteiger partial charge is 1.00 e. The number of benzene rings is 1. The van der Waals surface area contributed by atoms with Crippen molar-refractivity contribution in [2.75, 3.05) is 0 Å². The fourth-order valence-corrected chi connectivity index (χ4v) is 2.06. The zero-order valence-electron chi connectivity index (χ0n) is 9.23. The molecule has 0 atom stereocenters. The van der Waals surface area contributed by atoms with E-state index in [2.05, 4.69) is 9.97 Å². The smallest absolute Gasteiger partial charge is 0.188 e. The highest BCUT2D eigenvalue weighted by Crippen LogP contribution is 2.18. The van der Waals surface area contributed by atoms with Crippen molar-refractivity contribution >= 4 is 11.8 Å². The Labute approximate surface area is 110 Å². The molecule has 0 unspecified atom stereocenters. The molecule has 0 radical (unpaired) electrons. The molecule has 0 fully saturated rings. The van der Waals surface area contributed by atoms with Gasteiger partial charge in [0, 0.05) is 17.6 Å². The summed E-state index contributed by atoms with van der Waals surface area (Å²) in [4.78, 5) is 8.43. The molecule has 0 aliphatic heterocycles. The fraction of sp³-hybridized carbons (Fsp3) is 0.167. The maximum absolute atomic E-state index is 12.7. The van der Waals surface area contributed by atoms with E-state index in [1.807, 2.05) is 13.0 Å². The van der Waals surface area contributed by atoms with E-state index < -0.39 is 0 Å². The van der Waals surface area contributed by atoms with Gasteiger partial charge < -0.3 is 12.4 Å². The molecule has 2 rings (SSSR count). The molecule has 1 aromatic carbocycles. The van der Waals surface area contributed by atoms with Gasteiger partial charge in [0.05, 0.1) is 0 Å². The third-order valence-electron chi connectivity index (χ3n) is 2.05. The highest BCUT2D eigenvalue weighted by molar-refractivity contribution is 7.98. The molecule has 0 amide bonds. The summed E-state index contributed by atoms with van der Waals surface area (Å²) in [6.45, 7) is 1.93. The molecule has 0 saturated heterocycles. The highest BCUT2D eigenvalue weighted by Gasteiger charge is 1.99.